The maximum absolute atomic E-state index is 6.13. The van der Waals surface area contributed by atoms with Crippen molar-refractivity contribution in [3.05, 3.63) is 35.0 Å². The minimum atomic E-state index is 0.209. The van der Waals surface area contributed by atoms with Gasteiger partial charge < -0.3 is 10.7 Å². The number of hydrogen-bond donors (Lipinski definition) is 2. The Morgan fingerprint density at radius 2 is 2.27 bits per heavy atom. The highest BCUT2D eigenvalue weighted by molar-refractivity contribution is 5.87. The van der Waals surface area contributed by atoms with Crippen LogP contribution >= 0.6 is 0 Å². The van der Waals surface area contributed by atoms with Gasteiger partial charge in [-0.2, -0.15) is 0 Å². The molecular formula is C13H16N2. The number of H-pyrrole nitrogens is 1. The molecule has 15 heavy (non-hydrogen) atoms. The number of nitrogens with one attached hydrogen (secondary N) is 1. The quantitative estimate of drug-likeness (QED) is 0.674. The van der Waals surface area contributed by atoms with Crippen LogP contribution in [-0.2, 0) is 6.42 Å². The lowest BCUT2D eigenvalue weighted by Crippen LogP contribution is -2.16. The third-order valence-corrected chi connectivity index (χ3v) is 3.50. The summed E-state index contributed by atoms with van der Waals surface area (Å²) in [4.78, 5) is 3.51. The first-order valence-electron chi connectivity index (χ1n) is 5.63. The number of aryl methyl sites for hydroxylation is 2. The molecule has 2 heteroatoms. The SMILES string of the molecule is Cc1cccc2c3c([nH]c12)[C@H](N)CCC3. The number of aromatic amines is 1. The number of fused-ring (bicyclic) bond motifs is 3. The molecule has 1 atom stereocenters. The van der Waals surface area contributed by atoms with Gasteiger partial charge in [-0.05, 0) is 37.3 Å². The van der Waals surface area contributed by atoms with E-state index in [0.29, 0.717) is 0 Å². The van der Waals surface area contributed by atoms with Gasteiger partial charge in [0.2, 0.25) is 0 Å². The van der Waals surface area contributed by atoms with E-state index >= 15 is 0 Å². The monoisotopic (exact) mass is 200 g/mol. The van der Waals surface area contributed by atoms with Gasteiger partial charge in [0.1, 0.15) is 0 Å². The highest BCUT2D eigenvalue weighted by Crippen LogP contribution is 2.34. The van der Waals surface area contributed by atoms with E-state index in [1.807, 2.05) is 0 Å². The van der Waals surface area contributed by atoms with Crippen LogP contribution < -0.4 is 5.73 Å². The number of rotatable bonds is 0. The van der Waals surface area contributed by atoms with Crippen molar-refractivity contribution in [3.63, 3.8) is 0 Å². The van der Waals surface area contributed by atoms with Crippen molar-refractivity contribution in [1.82, 2.24) is 4.98 Å². The van der Waals surface area contributed by atoms with Gasteiger partial charge in [0.05, 0.1) is 0 Å². The predicted octanol–water partition coefficient (Wildman–Crippen LogP) is 2.81. The van der Waals surface area contributed by atoms with Gasteiger partial charge in [0, 0.05) is 22.6 Å². The number of nitrogens with two attached hydrogens (primary N) is 1. The molecular weight excluding hydrogens is 184 g/mol. The molecule has 0 saturated carbocycles. The van der Waals surface area contributed by atoms with Crippen LogP contribution in [0.25, 0.3) is 10.9 Å². The first-order chi connectivity index (χ1) is 7.27. The summed E-state index contributed by atoms with van der Waals surface area (Å²) in [6.07, 6.45) is 3.50. The summed E-state index contributed by atoms with van der Waals surface area (Å²) in [5, 5.41) is 1.38. The molecule has 0 saturated heterocycles. The molecule has 0 spiro atoms. The van der Waals surface area contributed by atoms with Gasteiger partial charge in [0.15, 0.2) is 0 Å². The lowest BCUT2D eigenvalue weighted by atomic mass is 9.92. The van der Waals surface area contributed by atoms with Crippen molar-refractivity contribution >= 4 is 10.9 Å². The molecule has 2 nitrogen and oxygen atoms in total. The summed E-state index contributed by atoms with van der Waals surface area (Å²) in [5.41, 5.74) is 11.4. The van der Waals surface area contributed by atoms with Crippen molar-refractivity contribution in [1.29, 1.82) is 0 Å². The maximum atomic E-state index is 6.13. The van der Waals surface area contributed by atoms with Crippen LogP contribution in [0.1, 0.15) is 35.7 Å². The predicted molar refractivity (Wildman–Crippen MR) is 62.9 cm³/mol. The number of aromatic nitrogens is 1. The largest absolute Gasteiger partial charge is 0.357 e. The Morgan fingerprint density at radius 1 is 1.40 bits per heavy atom. The van der Waals surface area contributed by atoms with Crippen LogP contribution in [0.15, 0.2) is 18.2 Å². The average Bonchev–Trinajstić information content (AvgIpc) is 2.60. The summed E-state index contributed by atoms with van der Waals surface area (Å²) < 4.78 is 0. The zero-order chi connectivity index (χ0) is 10.4. The Morgan fingerprint density at radius 3 is 3.13 bits per heavy atom. The van der Waals surface area contributed by atoms with Gasteiger partial charge >= 0.3 is 0 Å². The van der Waals surface area contributed by atoms with E-state index < -0.39 is 0 Å². The van der Waals surface area contributed by atoms with Gasteiger partial charge in [0.25, 0.3) is 0 Å². The smallest absolute Gasteiger partial charge is 0.0489 e. The van der Waals surface area contributed by atoms with Crippen molar-refractivity contribution in [3.8, 4) is 0 Å². The minimum absolute atomic E-state index is 0.209. The molecule has 1 aliphatic carbocycles. The second-order valence-corrected chi connectivity index (χ2v) is 4.51. The molecule has 0 unspecified atom stereocenters. The van der Waals surface area contributed by atoms with E-state index in [1.165, 1.54) is 40.6 Å². The van der Waals surface area contributed by atoms with Crippen molar-refractivity contribution in [2.24, 2.45) is 5.73 Å². The Hall–Kier alpha value is -1.28. The summed E-state index contributed by atoms with van der Waals surface area (Å²) in [7, 11) is 0. The van der Waals surface area contributed by atoms with E-state index in [2.05, 4.69) is 30.1 Å². The van der Waals surface area contributed by atoms with E-state index in [9.17, 15) is 0 Å². The second kappa shape index (κ2) is 3.11. The number of para-hydroxylation sites is 1. The third-order valence-electron chi connectivity index (χ3n) is 3.50. The van der Waals surface area contributed by atoms with E-state index in [4.69, 9.17) is 5.73 Å². The minimum Gasteiger partial charge on any atom is -0.357 e. The number of benzene rings is 1. The standard InChI is InChI=1S/C13H16N2/c1-8-4-2-5-9-10-6-3-7-11(14)13(10)15-12(8)9/h2,4-5,11,15H,3,6-7,14H2,1H3/t11-/m1/s1. The van der Waals surface area contributed by atoms with Crippen molar-refractivity contribution in [2.45, 2.75) is 32.2 Å². The zero-order valence-corrected chi connectivity index (χ0v) is 9.01. The first kappa shape index (κ1) is 8.98. The topological polar surface area (TPSA) is 41.8 Å². The molecule has 2 aromatic rings. The average molecular weight is 200 g/mol. The fourth-order valence-electron chi connectivity index (χ4n) is 2.67. The fraction of sp³-hybridized carbons (Fsp3) is 0.385. The summed E-state index contributed by atoms with van der Waals surface area (Å²) >= 11 is 0. The fourth-order valence-corrected chi connectivity index (χ4v) is 2.67. The molecule has 0 bridgehead atoms. The Kier molecular flexibility index (Phi) is 1.86. The van der Waals surface area contributed by atoms with Gasteiger partial charge in [-0.25, -0.2) is 0 Å². The zero-order valence-electron chi connectivity index (χ0n) is 9.01. The Bertz CT molecular complexity index is 510. The Balaban J connectivity index is 2.35. The molecule has 1 heterocycles. The van der Waals surface area contributed by atoms with Crippen LogP contribution in [0.3, 0.4) is 0 Å². The maximum Gasteiger partial charge on any atom is 0.0489 e. The molecule has 3 N–H and O–H groups in total. The van der Waals surface area contributed by atoms with E-state index in [1.54, 1.807) is 0 Å². The molecule has 78 valence electrons. The van der Waals surface area contributed by atoms with E-state index in [0.717, 1.165) is 6.42 Å². The summed E-state index contributed by atoms with van der Waals surface area (Å²) in [6.45, 7) is 2.15. The summed E-state index contributed by atoms with van der Waals surface area (Å²) in [5.74, 6) is 0. The molecule has 1 aliphatic rings. The molecule has 3 rings (SSSR count). The van der Waals surface area contributed by atoms with Crippen LogP contribution in [-0.4, -0.2) is 4.98 Å². The van der Waals surface area contributed by atoms with E-state index in [-0.39, 0.29) is 6.04 Å². The molecule has 1 aromatic heterocycles. The van der Waals surface area contributed by atoms with Gasteiger partial charge in [-0.15, -0.1) is 0 Å². The van der Waals surface area contributed by atoms with Crippen molar-refractivity contribution < 1.29 is 0 Å². The normalized spacial score (nSPS) is 20.5. The molecule has 0 aliphatic heterocycles. The van der Waals surface area contributed by atoms with Gasteiger partial charge in [-0.3, -0.25) is 0 Å². The second-order valence-electron chi connectivity index (χ2n) is 4.51. The lowest BCUT2D eigenvalue weighted by molar-refractivity contribution is 0.562. The van der Waals surface area contributed by atoms with Gasteiger partial charge in [-0.1, -0.05) is 18.2 Å². The van der Waals surface area contributed by atoms with Crippen LogP contribution in [0.5, 0.6) is 0 Å². The molecule has 0 radical (unpaired) electrons. The van der Waals surface area contributed by atoms with Crippen LogP contribution in [0.2, 0.25) is 0 Å². The van der Waals surface area contributed by atoms with Crippen LogP contribution in [0, 0.1) is 6.92 Å². The first-order valence-corrected chi connectivity index (χ1v) is 5.63. The molecule has 0 amide bonds. The van der Waals surface area contributed by atoms with Crippen LogP contribution in [0.4, 0.5) is 0 Å². The van der Waals surface area contributed by atoms with Crippen molar-refractivity contribution in [2.75, 3.05) is 0 Å². The lowest BCUT2D eigenvalue weighted by Gasteiger charge is -2.18. The Labute approximate surface area is 89.5 Å². The number of hydrogen-bond acceptors (Lipinski definition) is 1. The third kappa shape index (κ3) is 1.21. The highest BCUT2D eigenvalue weighted by Gasteiger charge is 2.21. The molecule has 0 fully saturated rings. The summed E-state index contributed by atoms with van der Waals surface area (Å²) in [6, 6.07) is 6.69. The molecule has 1 aromatic carbocycles. The highest BCUT2D eigenvalue weighted by atomic mass is 14.8.